The standard InChI is InChI=1S/C25H33N5O/c1-2-23-6-3-4-17-30(23)25(28-16-5-15-26)29-22-11-13-24(14-12-22)31-19-21-9-7-20(18-27)8-10-21/h7-14,23H,2-6,15-17,19,26H2,1H3,(H,28,29). The number of rotatable bonds is 8. The molecule has 2 aromatic carbocycles. The van der Waals surface area contributed by atoms with Crippen LogP contribution in [-0.4, -0.2) is 36.5 Å². The predicted molar refractivity (Wildman–Crippen MR) is 126 cm³/mol. The highest BCUT2D eigenvalue weighted by Gasteiger charge is 2.24. The lowest BCUT2D eigenvalue weighted by molar-refractivity contribution is 0.234. The highest BCUT2D eigenvalue weighted by Crippen LogP contribution is 2.22. The molecule has 2 aromatic rings. The maximum absolute atomic E-state index is 8.89. The van der Waals surface area contributed by atoms with Crippen LogP contribution >= 0.6 is 0 Å². The fourth-order valence-corrected chi connectivity index (χ4v) is 3.79. The third kappa shape index (κ3) is 6.73. The number of nitriles is 1. The predicted octanol–water partition coefficient (Wildman–Crippen LogP) is 4.52. The quantitative estimate of drug-likeness (QED) is 0.373. The number of benzene rings is 2. The van der Waals surface area contributed by atoms with Gasteiger partial charge in [0.25, 0.3) is 0 Å². The summed E-state index contributed by atoms with van der Waals surface area (Å²) in [7, 11) is 0. The molecule has 6 heteroatoms. The van der Waals surface area contributed by atoms with Gasteiger partial charge in [-0.25, -0.2) is 0 Å². The van der Waals surface area contributed by atoms with Crippen molar-refractivity contribution < 1.29 is 4.74 Å². The molecular weight excluding hydrogens is 386 g/mol. The summed E-state index contributed by atoms with van der Waals surface area (Å²) in [5.41, 5.74) is 8.36. The maximum Gasteiger partial charge on any atom is 0.198 e. The van der Waals surface area contributed by atoms with Crippen molar-refractivity contribution in [1.29, 1.82) is 5.26 Å². The maximum atomic E-state index is 8.89. The molecule has 1 saturated heterocycles. The average Bonchev–Trinajstić information content (AvgIpc) is 2.83. The number of hydrogen-bond acceptors (Lipinski definition) is 4. The number of nitrogens with two attached hydrogens (primary N) is 1. The topological polar surface area (TPSA) is 86.7 Å². The SMILES string of the molecule is CCC1CCCCN1C(=NCCCN)Nc1ccc(OCc2ccc(C#N)cc2)cc1. The first-order valence-electron chi connectivity index (χ1n) is 11.2. The van der Waals surface area contributed by atoms with Crippen molar-refractivity contribution in [3.8, 4) is 11.8 Å². The van der Waals surface area contributed by atoms with Crippen molar-refractivity contribution in [3.05, 3.63) is 59.7 Å². The third-order valence-corrected chi connectivity index (χ3v) is 5.59. The van der Waals surface area contributed by atoms with Gasteiger partial charge in [-0.05, 0) is 80.6 Å². The van der Waals surface area contributed by atoms with Crippen molar-refractivity contribution >= 4 is 11.6 Å². The normalized spacial score (nSPS) is 16.6. The van der Waals surface area contributed by atoms with E-state index >= 15 is 0 Å². The van der Waals surface area contributed by atoms with E-state index in [1.54, 1.807) is 12.1 Å². The van der Waals surface area contributed by atoms with Crippen LogP contribution < -0.4 is 15.8 Å². The van der Waals surface area contributed by atoms with E-state index in [0.717, 1.165) is 48.9 Å². The Morgan fingerprint density at radius 1 is 1.19 bits per heavy atom. The lowest BCUT2D eigenvalue weighted by atomic mass is 10.0. The molecule has 0 aromatic heterocycles. The van der Waals surface area contributed by atoms with E-state index in [4.69, 9.17) is 20.7 Å². The van der Waals surface area contributed by atoms with Crippen LogP contribution in [0.3, 0.4) is 0 Å². The number of nitrogens with one attached hydrogen (secondary N) is 1. The Bertz CT molecular complexity index is 870. The minimum Gasteiger partial charge on any atom is -0.489 e. The fourth-order valence-electron chi connectivity index (χ4n) is 3.79. The largest absolute Gasteiger partial charge is 0.489 e. The van der Waals surface area contributed by atoms with Gasteiger partial charge in [0, 0.05) is 24.8 Å². The van der Waals surface area contributed by atoms with Crippen molar-refractivity contribution in [1.82, 2.24) is 4.90 Å². The highest BCUT2D eigenvalue weighted by atomic mass is 16.5. The molecule has 1 unspecified atom stereocenters. The molecule has 1 heterocycles. The van der Waals surface area contributed by atoms with Gasteiger partial charge >= 0.3 is 0 Å². The number of nitrogens with zero attached hydrogens (tertiary/aromatic N) is 3. The van der Waals surface area contributed by atoms with Crippen LogP contribution in [0.5, 0.6) is 5.75 Å². The van der Waals surface area contributed by atoms with Crippen LogP contribution in [0.15, 0.2) is 53.5 Å². The Hall–Kier alpha value is -3.04. The van der Waals surface area contributed by atoms with E-state index in [0.29, 0.717) is 24.8 Å². The van der Waals surface area contributed by atoms with Gasteiger partial charge < -0.3 is 20.7 Å². The average molecular weight is 420 g/mol. The van der Waals surface area contributed by atoms with Crippen LogP contribution in [0, 0.1) is 11.3 Å². The van der Waals surface area contributed by atoms with Gasteiger partial charge in [0.2, 0.25) is 0 Å². The van der Waals surface area contributed by atoms with Crippen molar-refractivity contribution in [3.63, 3.8) is 0 Å². The summed E-state index contributed by atoms with van der Waals surface area (Å²) in [6, 6.07) is 18.1. The minimum atomic E-state index is 0.468. The number of piperidine rings is 1. The molecule has 0 aliphatic carbocycles. The lowest BCUT2D eigenvalue weighted by Gasteiger charge is -2.37. The Morgan fingerprint density at radius 2 is 1.97 bits per heavy atom. The molecule has 3 rings (SSSR count). The summed E-state index contributed by atoms with van der Waals surface area (Å²) in [5.74, 6) is 1.76. The molecule has 0 amide bonds. The first kappa shape index (κ1) is 22.6. The van der Waals surface area contributed by atoms with Crippen LogP contribution in [-0.2, 0) is 6.61 Å². The van der Waals surface area contributed by atoms with E-state index in [9.17, 15) is 0 Å². The Balaban J connectivity index is 1.63. The Kier molecular flexibility index (Phi) is 8.74. The number of aliphatic imine (C=N–C) groups is 1. The summed E-state index contributed by atoms with van der Waals surface area (Å²) in [4.78, 5) is 7.27. The second-order valence-corrected chi connectivity index (χ2v) is 7.85. The second-order valence-electron chi connectivity index (χ2n) is 7.85. The van der Waals surface area contributed by atoms with Gasteiger partial charge in [0.05, 0.1) is 11.6 Å². The highest BCUT2D eigenvalue weighted by molar-refractivity contribution is 5.94. The molecule has 1 atom stereocenters. The molecule has 0 bridgehead atoms. The molecule has 31 heavy (non-hydrogen) atoms. The lowest BCUT2D eigenvalue weighted by Crippen LogP contribution is -2.46. The molecule has 1 aliphatic heterocycles. The summed E-state index contributed by atoms with van der Waals surface area (Å²) in [6.45, 7) is 5.15. The van der Waals surface area contributed by atoms with E-state index in [1.807, 2.05) is 36.4 Å². The number of guanidine groups is 1. The second kappa shape index (κ2) is 12.0. The summed E-state index contributed by atoms with van der Waals surface area (Å²) in [5, 5.41) is 12.4. The molecule has 0 spiro atoms. The zero-order valence-corrected chi connectivity index (χ0v) is 18.4. The molecule has 164 valence electrons. The molecule has 0 saturated carbocycles. The van der Waals surface area contributed by atoms with Crippen LogP contribution in [0.2, 0.25) is 0 Å². The van der Waals surface area contributed by atoms with Gasteiger partial charge in [-0.3, -0.25) is 4.99 Å². The monoisotopic (exact) mass is 419 g/mol. The number of hydrogen-bond donors (Lipinski definition) is 2. The summed E-state index contributed by atoms with van der Waals surface area (Å²) in [6.07, 6.45) is 5.72. The van der Waals surface area contributed by atoms with Gasteiger partial charge in [-0.2, -0.15) is 5.26 Å². The Labute approximate surface area is 185 Å². The van der Waals surface area contributed by atoms with Crippen LogP contribution in [0.25, 0.3) is 0 Å². The van der Waals surface area contributed by atoms with Crippen LogP contribution in [0.4, 0.5) is 5.69 Å². The van der Waals surface area contributed by atoms with Crippen molar-refractivity contribution in [2.45, 2.75) is 51.7 Å². The van der Waals surface area contributed by atoms with E-state index in [-0.39, 0.29) is 0 Å². The van der Waals surface area contributed by atoms with Gasteiger partial charge in [-0.1, -0.05) is 19.1 Å². The van der Waals surface area contributed by atoms with Gasteiger partial charge in [0.1, 0.15) is 12.4 Å². The van der Waals surface area contributed by atoms with Crippen molar-refractivity contribution in [2.24, 2.45) is 10.7 Å². The molecule has 6 nitrogen and oxygen atoms in total. The smallest absolute Gasteiger partial charge is 0.198 e. The first-order valence-corrected chi connectivity index (χ1v) is 11.2. The molecule has 1 aliphatic rings. The molecule has 0 radical (unpaired) electrons. The summed E-state index contributed by atoms with van der Waals surface area (Å²) >= 11 is 0. The summed E-state index contributed by atoms with van der Waals surface area (Å²) < 4.78 is 5.89. The third-order valence-electron chi connectivity index (χ3n) is 5.59. The number of ether oxygens (including phenoxy) is 1. The minimum absolute atomic E-state index is 0.468. The van der Waals surface area contributed by atoms with Gasteiger partial charge in [0.15, 0.2) is 5.96 Å². The van der Waals surface area contributed by atoms with E-state index < -0.39 is 0 Å². The zero-order valence-electron chi connectivity index (χ0n) is 18.4. The fraction of sp³-hybridized carbons (Fsp3) is 0.440. The molecule has 3 N–H and O–H groups in total. The van der Waals surface area contributed by atoms with E-state index in [2.05, 4.69) is 23.2 Å². The number of anilines is 1. The zero-order chi connectivity index (χ0) is 21.9. The Morgan fingerprint density at radius 3 is 2.65 bits per heavy atom. The van der Waals surface area contributed by atoms with Crippen molar-refractivity contribution in [2.75, 3.05) is 25.0 Å². The van der Waals surface area contributed by atoms with Crippen LogP contribution in [0.1, 0.15) is 50.2 Å². The number of likely N-dealkylation sites (tertiary alicyclic amines) is 1. The molecule has 1 fully saturated rings. The first-order chi connectivity index (χ1) is 15.2. The van der Waals surface area contributed by atoms with Gasteiger partial charge in [-0.15, -0.1) is 0 Å². The molecular formula is C25H33N5O. The van der Waals surface area contributed by atoms with E-state index in [1.165, 1.54) is 19.3 Å².